The maximum absolute atomic E-state index is 13.3. The quantitative estimate of drug-likeness (QED) is 0.285. The lowest BCUT2D eigenvalue weighted by molar-refractivity contribution is -0.178. The van der Waals surface area contributed by atoms with Crippen molar-refractivity contribution in [3.05, 3.63) is 12.2 Å². The first-order chi connectivity index (χ1) is 13.9. The highest BCUT2D eigenvalue weighted by atomic mass is 16.6. The Hall–Kier alpha value is -1.32. The maximum atomic E-state index is 13.3. The second-order valence-electron chi connectivity index (χ2n) is 10.8. The van der Waals surface area contributed by atoms with Gasteiger partial charge < -0.3 is 9.47 Å². The van der Waals surface area contributed by atoms with Crippen LogP contribution in [0.2, 0.25) is 0 Å². The van der Waals surface area contributed by atoms with E-state index in [4.69, 9.17) is 9.47 Å². The molecule has 1 rings (SSSR count). The molecule has 1 aliphatic rings. The molecular formula is C26H46O4. The predicted octanol–water partition coefficient (Wildman–Crippen LogP) is 6.87. The Kier molecular flexibility index (Phi) is 10.1. The number of carbonyl (C=O) groups excluding carboxylic acids is 2. The van der Waals surface area contributed by atoms with Crippen molar-refractivity contribution in [1.29, 1.82) is 0 Å². The molecular weight excluding hydrogens is 376 g/mol. The number of carbonyl (C=O) groups is 2. The Morgan fingerprint density at radius 2 is 1.63 bits per heavy atom. The lowest BCUT2D eigenvalue weighted by atomic mass is 9.61. The van der Waals surface area contributed by atoms with Crippen molar-refractivity contribution in [2.75, 3.05) is 6.61 Å². The highest BCUT2D eigenvalue weighted by Crippen LogP contribution is 2.46. The summed E-state index contributed by atoms with van der Waals surface area (Å²) in [6.45, 7) is 16.7. The molecule has 0 aromatic carbocycles. The van der Waals surface area contributed by atoms with Crippen LogP contribution in [0.3, 0.4) is 0 Å². The summed E-state index contributed by atoms with van der Waals surface area (Å²) in [6.07, 6.45) is 11.8. The van der Waals surface area contributed by atoms with Gasteiger partial charge in [-0.15, -0.1) is 0 Å². The molecule has 0 heterocycles. The zero-order valence-electron chi connectivity index (χ0n) is 20.8. The van der Waals surface area contributed by atoms with E-state index >= 15 is 0 Å². The van der Waals surface area contributed by atoms with Crippen molar-refractivity contribution < 1.29 is 19.1 Å². The molecule has 1 fully saturated rings. The van der Waals surface area contributed by atoms with Gasteiger partial charge in [0.1, 0.15) is 5.60 Å². The van der Waals surface area contributed by atoms with Gasteiger partial charge in [-0.1, -0.05) is 73.5 Å². The van der Waals surface area contributed by atoms with Gasteiger partial charge in [-0.2, -0.15) is 0 Å². The van der Waals surface area contributed by atoms with Gasteiger partial charge in [-0.3, -0.25) is 4.79 Å². The van der Waals surface area contributed by atoms with E-state index < -0.39 is 5.97 Å². The Labute approximate surface area is 185 Å². The molecule has 2 atom stereocenters. The molecule has 0 N–H and O–H groups in total. The lowest BCUT2D eigenvalue weighted by Gasteiger charge is -2.43. The molecule has 30 heavy (non-hydrogen) atoms. The second-order valence-corrected chi connectivity index (χ2v) is 10.8. The van der Waals surface area contributed by atoms with Gasteiger partial charge >= 0.3 is 11.9 Å². The van der Waals surface area contributed by atoms with Crippen LogP contribution in [-0.4, -0.2) is 24.1 Å². The summed E-state index contributed by atoms with van der Waals surface area (Å²) in [5.74, 6) is -0.868. The van der Waals surface area contributed by atoms with Gasteiger partial charge in [-0.25, -0.2) is 4.79 Å². The molecule has 0 aromatic rings. The van der Waals surface area contributed by atoms with E-state index in [-0.39, 0.29) is 40.8 Å². The predicted molar refractivity (Wildman–Crippen MR) is 123 cm³/mol. The molecule has 1 aliphatic carbocycles. The van der Waals surface area contributed by atoms with Crippen molar-refractivity contribution in [2.45, 2.75) is 112 Å². The summed E-state index contributed by atoms with van der Waals surface area (Å²) in [6, 6.07) is 0. The Bertz CT molecular complexity index is 576. The maximum Gasteiger partial charge on any atom is 0.344 e. The van der Waals surface area contributed by atoms with Crippen LogP contribution >= 0.6 is 0 Å². The van der Waals surface area contributed by atoms with E-state index in [0.717, 1.165) is 44.9 Å². The molecule has 0 amide bonds. The van der Waals surface area contributed by atoms with Crippen LogP contribution in [0.15, 0.2) is 12.2 Å². The van der Waals surface area contributed by atoms with Gasteiger partial charge in [0, 0.05) is 0 Å². The SMILES string of the molecule is CC=CCC(C(C(=O)OCC(=O)OC1(CC)CCCCC1)C(C)(C)CC)C(C)(C)C. The number of allylic oxidation sites excluding steroid dienone is 2. The molecule has 2 unspecified atom stereocenters. The highest BCUT2D eigenvalue weighted by Gasteiger charge is 2.45. The monoisotopic (exact) mass is 422 g/mol. The van der Waals surface area contributed by atoms with Crippen molar-refractivity contribution in [3.8, 4) is 0 Å². The molecule has 0 spiro atoms. The van der Waals surface area contributed by atoms with E-state index in [0.29, 0.717) is 0 Å². The highest BCUT2D eigenvalue weighted by molar-refractivity contribution is 5.78. The number of esters is 2. The van der Waals surface area contributed by atoms with Crippen LogP contribution in [-0.2, 0) is 19.1 Å². The van der Waals surface area contributed by atoms with Gasteiger partial charge in [-0.05, 0) is 62.2 Å². The first-order valence-electron chi connectivity index (χ1n) is 11.9. The van der Waals surface area contributed by atoms with Crippen LogP contribution in [0.1, 0.15) is 107 Å². The third-order valence-electron chi connectivity index (χ3n) is 7.22. The van der Waals surface area contributed by atoms with Crippen LogP contribution in [0, 0.1) is 22.7 Å². The summed E-state index contributed by atoms with van der Waals surface area (Å²) in [4.78, 5) is 25.8. The van der Waals surface area contributed by atoms with Crippen LogP contribution < -0.4 is 0 Å². The van der Waals surface area contributed by atoms with E-state index in [1.807, 2.05) is 13.0 Å². The van der Waals surface area contributed by atoms with E-state index in [2.05, 4.69) is 54.5 Å². The first kappa shape index (κ1) is 26.7. The van der Waals surface area contributed by atoms with Gasteiger partial charge in [0.25, 0.3) is 0 Å². The van der Waals surface area contributed by atoms with Gasteiger partial charge in [0.05, 0.1) is 5.92 Å². The number of hydrogen-bond donors (Lipinski definition) is 0. The molecule has 0 saturated heterocycles. The smallest absolute Gasteiger partial charge is 0.344 e. The molecule has 174 valence electrons. The molecule has 0 aliphatic heterocycles. The molecule has 4 heteroatoms. The summed E-state index contributed by atoms with van der Waals surface area (Å²) in [7, 11) is 0. The average Bonchev–Trinajstić information content (AvgIpc) is 2.68. The summed E-state index contributed by atoms with van der Waals surface area (Å²) in [5.41, 5.74) is -0.664. The Morgan fingerprint density at radius 3 is 2.10 bits per heavy atom. The summed E-state index contributed by atoms with van der Waals surface area (Å²) >= 11 is 0. The van der Waals surface area contributed by atoms with E-state index in [9.17, 15) is 9.59 Å². The largest absolute Gasteiger partial charge is 0.457 e. The van der Waals surface area contributed by atoms with Gasteiger partial charge in [0.2, 0.25) is 0 Å². The normalized spacial score (nSPS) is 19.3. The third kappa shape index (κ3) is 7.42. The average molecular weight is 423 g/mol. The number of rotatable bonds is 10. The third-order valence-corrected chi connectivity index (χ3v) is 7.22. The Morgan fingerprint density at radius 1 is 1.03 bits per heavy atom. The summed E-state index contributed by atoms with van der Waals surface area (Å²) in [5, 5.41) is 0. The molecule has 0 aromatic heterocycles. The van der Waals surface area contributed by atoms with Crippen LogP contribution in [0.25, 0.3) is 0 Å². The lowest BCUT2D eigenvalue weighted by Crippen LogP contribution is -2.44. The van der Waals surface area contributed by atoms with Crippen LogP contribution in [0.5, 0.6) is 0 Å². The zero-order chi connectivity index (χ0) is 23.0. The standard InChI is InChI=1S/C26H46O4/c1-9-12-16-20(24(4,5)6)22(25(7,8)10-2)23(28)29-19-21(27)30-26(11-3)17-14-13-15-18-26/h9,12,20,22H,10-11,13-19H2,1-8H3. The molecule has 1 saturated carbocycles. The zero-order valence-corrected chi connectivity index (χ0v) is 20.8. The fourth-order valence-electron chi connectivity index (χ4n) is 4.73. The fraction of sp³-hybridized carbons (Fsp3) is 0.846. The Balaban J connectivity index is 2.93. The van der Waals surface area contributed by atoms with Gasteiger partial charge in [0.15, 0.2) is 6.61 Å². The van der Waals surface area contributed by atoms with Crippen molar-refractivity contribution in [2.24, 2.45) is 22.7 Å². The van der Waals surface area contributed by atoms with Crippen LogP contribution in [0.4, 0.5) is 0 Å². The minimum atomic E-state index is -0.416. The second kappa shape index (κ2) is 11.3. The van der Waals surface area contributed by atoms with E-state index in [1.165, 1.54) is 6.42 Å². The molecule has 4 nitrogen and oxygen atoms in total. The molecule has 0 radical (unpaired) electrons. The van der Waals surface area contributed by atoms with E-state index in [1.54, 1.807) is 0 Å². The minimum absolute atomic E-state index is 0.0650. The topological polar surface area (TPSA) is 52.6 Å². The minimum Gasteiger partial charge on any atom is -0.457 e. The summed E-state index contributed by atoms with van der Waals surface area (Å²) < 4.78 is 11.4. The molecule has 0 bridgehead atoms. The number of hydrogen-bond acceptors (Lipinski definition) is 4. The van der Waals surface area contributed by atoms with Crippen molar-refractivity contribution >= 4 is 11.9 Å². The first-order valence-corrected chi connectivity index (χ1v) is 11.9. The van der Waals surface area contributed by atoms with Crippen molar-refractivity contribution in [3.63, 3.8) is 0 Å². The fourth-order valence-corrected chi connectivity index (χ4v) is 4.73. The van der Waals surface area contributed by atoms with Crippen molar-refractivity contribution in [1.82, 2.24) is 0 Å². The number of ether oxygens (including phenoxy) is 2.